The number of aryl methyl sites for hydroxylation is 1. The molecule has 0 aliphatic rings. The van der Waals surface area contributed by atoms with Crippen LogP contribution in [0, 0.1) is 6.92 Å². The van der Waals surface area contributed by atoms with Crippen molar-refractivity contribution < 1.29 is 0 Å². The van der Waals surface area contributed by atoms with Gasteiger partial charge in [-0.1, -0.05) is 24.6 Å². The lowest BCUT2D eigenvalue weighted by Crippen LogP contribution is -2.14. The largest absolute Gasteiger partial charge is 0.313 e. The molecule has 1 N–H and O–H groups in total. The molecule has 1 aromatic heterocycles. The lowest BCUT2D eigenvalue weighted by Gasteiger charge is -2.13. The molecule has 19 heavy (non-hydrogen) atoms. The summed E-state index contributed by atoms with van der Waals surface area (Å²) in [5.41, 5.74) is 4.79. The number of nitrogens with zero attached hydrogens (tertiary/aromatic N) is 1. The number of nitrogens with one attached hydrogen (secondary N) is 1. The summed E-state index contributed by atoms with van der Waals surface area (Å²) in [7, 11) is 0. The van der Waals surface area contributed by atoms with Crippen molar-refractivity contribution in [3.8, 4) is 11.1 Å². The molecule has 100 valence electrons. The second kappa shape index (κ2) is 6.69. The van der Waals surface area contributed by atoms with Crippen LogP contribution in [-0.4, -0.2) is 11.5 Å². The molecule has 1 heterocycles. The maximum absolute atomic E-state index is 6.14. The lowest BCUT2D eigenvalue weighted by molar-refractivity contribution is 0.676. The van der Waals surface area contributed by atoms with E-state index in [1.165, 1.54) is 16.7 Å². The fourth-order valence-corrected chi connectivity index (χ4v) is 2.27. The van der Waals surface area contributed by atoms with Gasteiger partial charge in [0, 0.05) is 29.5 Å². The van der Waals surface area contributed by atoms with Crippen LogP contribution >= 0.6 is 11.6 Å². The van der Waals surface area contributed by atoms with Gasteiger partial charge in [0.05, 0.1) is 0 Å². The molecule has 0 unspecified atom stereocenters. The first kappa shape index (κ1) is 14.0. The van der Waals surface area contributed by atoms with E-state index in [1.54, 1.807) is 0 Å². The van der Waals surface area contributed by atoms with E-state index in [0.717, 1.165) is 30.1 Å². The molecular weight excluding hydrogens is 256 g/mol. The highest BCUT2D eigenvalue weighted by molar-refractivity contribution is 6.30. The Morgan fingerprint density at radius 2 is 2.05 bits per heavy atom. The monoisotopic (exact) mass is 274 g/mol. The Morgan fingerprint density at radius 1 is 1.21 bits per heavy atom. The van der Waals surface area contributed by atoms with Crippen LogP contribution in [-0.2, 0) is 6.54 Å². The molecule has 0 aliphatic carbocycles. The van der Waals surface area contributed by atoms with Crippen LogP contribution in [0.3, 0.4) is 0 Å². The van der Waals surface area contributed by atoms with E-state index in [4.69, 9.17) is 11.6 Å². The van der Waals surface area contributed by atoms with Gasteiger partial charge in [-0.2, -0.15) is 0 Å². The molecule has 0 radical (unpaired) electrons. The van der Waals surface area contributed by atoms with Crippen LogP contribution in [0.15, 0.2) is 36.7 Å². The molecule has 0 aliphatic heterocycles. The maximum atomic E-state index is 6.14. The van der Waals surface area contributed by atoms with Crippen LogP contribution in [0.2, 0.25) is 5.02 Å². The van der Waals surface area contributed by atoms with Gasteiger partial charge < -0.3 is 5.32 Å². The first-order chi connectivity index (χ1) is 9.22. The van der Waals surface area contributed by atoms with E-state index < -0.39 is 0 Å². The van der Waals surface area contributed by atoms with Gasteiger partial charge in [0.15, 0.2) is 0 Å². The van der Waals surface area contributed by atoms with Crippen LogP contribution < -0.4 is 5.32 Å². The third-order valence-corrected chi connectivity index (χ3v) is 3.38. The smallest absolute Gasteiger partial charge is 0.0412 e. The molecule has 2 nitrogen and oxygen atoms in total. The summed E-state index contributed by atoms with van der Waals surface area (Å²) >= 11 is 6.14. The van der Waals surface area contributed by atoms with Gasteiger partial charge in [-0.15, -0.1) is 0 Å². The number of aromatic nitrogens is 1. The number of halogens is 1. The zero-order chi connectivity index (χ0) is 13.7. The summed E-state index contributed by atoms with van der Waals surface area (Å²) in [5, 5.41) is 4.20. The van der Waals surface area contributed by atoms with Gasteiger partial charge in [0.25, 0.3) is 0 Å². The molecule has 0 saturated carbocycles. The Hall–Kier alpha value is -1.38. The molecule has 1 aromatic carbocycles. The Labute approximate surface area is 119 Å². The predicted octanol–water partition coefficient (Wildman–Crippen LogP) is 4.21. The summed E-state index contributed by atoms with van der Waals surface area (Å²) in [6.07, 6.45) is 4.86. The highest BCUT2D eigenvalue weighted by atomic mass is 35.5. The highest BCUT2D eigenvalue weighted by Crippen LogP contribution is 2.28. The Bertz CT molecular complexity index is 552. The fourth-order valence-electron chi connectivity index (χ4n) is 2.10. The molecular formula is C16H19ClN2. The number of pyridine rings is 1. The van der Waals surface area contributed by atoms with Crippen molar-refractivity contribution in [2.24, 2.45) is 0 Å². The van der Waals surface area contributed by atoms with E-state index >= 15 is 0 Å². The molecule has 0 amide bonds. The minimum Gasteiger partial charge on any atom is -0.313 e. The van der Waals surface area contributed by atoms with E-state index in [-0.39, 0.29) is 0 Å². The molecule has 0 saturated heterocycles. The van der Waals surface area contributed by atoms with Crippen molar-refractivity contribution >= 4 is 11.6 Å². The summed E-state index contributed by atoms with van der Waals surface area (Å²) in [6, 6.07) is 8.08. The first-order valence-electron chi connectivity index (χ1n) is 6.62. The summed E-state index contributed by atoms with van der Waals surface area (Å²) in [4.78, 5) is 4.23. The number of hydrogen-bond donors (Lipinski definition) is 1. The van der Waals surface area contributed by atoms with Gasteiger partial charge in [0.2, 0.25) is 0 Å². The topological polar surface area (TPSA) is 24.9 Å². The van der Waals surface area contributed by atoms with Gasteiger partial charge in [0.1, 0.15) is 0 Å². The average Bonchev–Trinajstić information content (AvgIpc) is 2.41. The number of benzene rings is 1. The minimum absolute atomic E-state index is 0.762. The molecule has 0 atom stereocenters. The third kappa shape index (κ3) is 3.55. The van der Waals surface area contributed by atoms with Crippen LogP contribution in [0.5, 0.6) is 0 Å². The van der Waals surface area contributed by atoms with E-state index in [0.29, 0.717) is 0 Å². The van der Waals surface area contributed by atoms with Crippen LogP contribution in [0.25, 0.3) is 11.1 Å². The molecule has 2 rings (SSSR count). The van der Waals surface area contributed by atoms with Gasteiger partial charge in [-0.3, -0.25) is 4.98 Å². The standard InChI is InChI=1S/C16H19ClN2/c1-3-7-18-10-13-4-5-14(17)9-15(13)16-11-19-8-6-12(16)2/h4-6,8-9,11,18H,3,7,10H2,1-2H3. The van der Waals surface area contributed by atoms with Gasteiger partial charge in [-0.25, -0.2) is 0 Å². The number of hydrogen-bond acceptors (Lipinski definition) is 2. The number of rotatable bonds is 5. The molecule has 3 heteroatoms. The Morgan fingerprint density at radius 3 is 2.79 bits per heavy atom. The highest BCUT2D eigenvalue weighted by Gasteiger charge is 2.08. The Kier molecular flexibility index (Phi) is 4.94. The maximum Gasteiger partial charge on any atom is 0.0412 e. The van der Waals surface area contributed by atoms with E-state index in [2.05, 4.69) is 30.2 Å². The SMILES string of the molecule is CCCNCc1ccc(Cl)cc1-c1cnccc1C. The second-order valence-electron chi connectivity index (χ2n) is 4.67. The Balaban J connectivity index is 2.37. The average molecular weight is 275 g/mol. The zero-order valence-corrected chi connectivity index (χ0v) is 12.2. The third-order valence-electron chi connectivity index (χ3n) is 3.14. The fraction of sp³-hybridized carbons (Fsp3) is 0.312. The summed E-state index contributed by atoms with van der Waals surface area (Å²) in [5.74, 6) is 0. The summed E-state index contributed by atoms with van der Waals surface area (Å²) in [6.45, 7) is 6.14. The molecule has 2 aromatic rings. The van der Waals surface area contributed by atoms with E-state index in [1.807, 2.05) is 30.6 Å². The van der Waals surface area contributed by atoms with Crippen molar-refractivity contribution in [1.82, 2.24) is 10.3 Å². The van der Waals surface area contributed by atoms with Crippen LogP contribution in [0.4, 0.5) is 0 Å². The van der Waals surface area contributed by atoms with Crippen molar-refractivity contribution in [2.45, 2.75) is 26.8 Å². The second-order valence-corrected chi connectivity index (χ2v) is 5.11. The molecule has 0 spiro atoms. The zero-order valence-electron chi connectivity index (χ0n) is 11.4. The van der Waals surface area contributed by atoms with E-state index in [9.17, 15) is 0 Å². The summed E-state index contributed by atoms with van der Waals surface area (Å²) < 4.78 is 0. The van der Waals surface area contributed by atoms with Gasteiger partial charge >= 0.3 is 0 Å². The normalized spacial score (nSPS) is 10.7. The van der Waals surface area contributed by atoms with Crippen molar-refractivity contribution in [3.05, 3.63) is 52.8 Å². The predicted molar refractivity (Wildman–Crippen MR) is 81.4 cm³/mol. The van der Waals surface area contributed by atoms with Crippen molar-refractivity contribution in [3.63, 3.8) is 0 Å². The van der Waals surface area contributed by atoms with Crippen molar-refractivity contribution in [2.75, 3.05) is 6.54 Å². The van der Waals surface area contributed by atoms with Gasteiger partial charge in [-0.05, 0) is 54.8 Å². The molecule has 0 bridgehead atoms. The quantitative estimate of drug-likeness (QED) is 0.826. The first-order valence-corrected chi connectivity index (χ1v) is 7.00. The minimum atomic E-state index is 0.762. The molecule has 0 fully saturated rings. The lowest BCUT2D eigenvalue weighted by atomic mass is 9.97. The van der Waals surface area contributed by atoms with Crippen molar-refractivity contribution in [1.29, 1.82) is 0 Å². The van der Waals surface area contributed by atoms with Crippen LogP contribution in [0.1, 0.15) is 24.5 Å².